The number of amides is 2. The van der Waals surface area contributed by atoms with Crippen molar-refractivity contribution in [1.29, 1.82) is 0 Å². The van der Waals surface area contributed by atoms with E-state index in [1.54, 1.807) is 48.5 Å². The Kier molecular flexibility index (Phi) is 6.01. The molecule has 3 aromatic rings. The fourth-order valence-electron chi connectivity index (χ4n) is 2.72. The zero-order chi connectivity index (χ0) is 20.4. The molecule has 0 aliphatic carbocycles. The van der Waals surface area contributed by atoms with E-state index in [1.165, 1.54) is 28.4 Å². The summed E-state index contributed by atoms with van der Waals surface area (Å²) in [6.07, 6.45) is 0. The van der Waals surface area contributed by atoms with E-state index in [4.69, 9.17) is 23.2 Å². The average molecular weight is 458 g/mol. The van der Waals surface area contributed by atoms with Gasteiger partial charge in [0.25, 0.3) is 11.8 Å². The molecule has 0 N–H and O–H groups in total. The summed E-state index contributed by atoms with van der Waals surface area (Å²) < 4.78 is 0. The van der Waals surface area contributed by atoms with Crippen LogP contribution in [0.3, 0.4) is 0 Å². The highest BCUT2D eigenvalue weighted by atomic mass is 35.5. The van der Waals surface area contributed by atoms with Gasteiger partial charge in [-0.2, -0.15) is 0 Å². The van der Waals surface area contributed by atoms with E-state index in [0.717, 1.165) is 9.79 Å². The number of carbonyl (C=O) groups excluding carboxylic acids is 2. The van der Waals surface area contributed by atoms with Crippen LogP contribution >= 0.6 is 46.7 Å². The quantitative estimate of drug-likeness (QED) is 0.401. The molecule has 2 amide bonds. The van der Waals surface area contributed by atoms with Crippen molar-refractivity contribution < 1.29 is 9.59 Å². The van der Waals surface area contributed by atoms with Crippen molar-refractivity contribution >= 4 is 64.2 Å². The summed E-state index contributed by atoms with van der Waals surface area (Å²) in [7, 11) is 0. The Morgan fingerprint density at radius 3 is 1.41 bits per heavy atom. The van der Waals surface area contributed by atoms with Crippen LogP contribution in [0.25, 0.3) is 0 Å². The normalized spacial score (nSPS) is 14.1. The highest BCUT2D eigenvalue weighted by molar-refractivity contribution is 8.08. The predicted octanol–water partition coefficient (Wildman–Crippen LogP) is 6.66. The lowest BCUT2D eigenvalue weighted by atomic mass is 10.3. The molecule has 144 valence electrons. The van der Waals surface area contributed by atoms with Gasteiger partial charge in [-0.3, -0.25) is 9.59 Å². The first-order chi connectivity index (χ1) is 14.0. The second-order valence-electron chi connectivity index (χ2n) is 6.05. The number of para-hydroxylation sites is 1. The van der Waals surface area contributed by atoms with Crippen molar-refractivity contribution in [3.63, 3.8) is 0 Å². The van der Waals surface area contributed by atoms with Crippen LogP contribution in [0, 0.1) is 0 Å². The number of thioether (sulfide) groups is 2. The highest BCUT2D eigenvalue weighted by Crippen LogP contribution is 2.44. The van der Waals surface area contributed by atoms with E-state index in [9.17, 15) is 9.59 Å². The van der Waals surface area contributed by atoms with Crippen LogP contribution < -0.4 is 4.90 Å². The van der Waals surface area contributed by atoms with Crippen LogP contribution in [0.4, 0.5) is 5.69 Å². The molecule has 0 aromatic heterocycles. The minimum absolute atomic E-state index is 0.336. The Balaban J connectivity index is 1.73. The van der Waals surface area contributed by atoms with Crippen molar-refractivity contribution in [2.45, 2.75) is 9.79 Å². The maximum Gasteiger partial charge on any atom is 0.273 e. The van der Waals surface area contributed by atoms with Crippen LogP contribution in [-0.2, 0) is 9.59 Å². The topological polar surface area (TPSA) is 37.4 Å². The number of rotatable bonds is 5. The van der Waals surface area contributed by atoms with Crippen LogP contribution in [0.1, 0.15) is 0 Å². The Morgan fingerprint density at radius 1 is 0.586 bits per heavy atom. The van der Waals surface area contributed by atoms with Gasteiger partial charge >= 0.3 is 0 Å². The summed E-state index contributed by atoms with van der Waals surface area (Å²) in [6.45, 7) is 0. The summed E-state index contributed by atoms with van der Waals surface area (Å²) in [5.74, 6) is -0.671. The number of anilines is 1. The minimum atomic E-state index is -0.336. The van der Waals surface area contributed by atoms with Gasteiger partial charge in [0, 0.05) is 19.8 Å². The van der Waals surface area contributed by atoms with Gasteiger partial charge in [-0.05, 0) is 60.7 Å². The second-order valence-corrected chi connectivity index (χ2v) is 9.09. The Morgan fingerprint density at radius 2 is 1.00 bits per heavy atom. The second kappa shape index (κ2) is 8.67. The van der Waals surface area contributed by atoms with Crippen molar-refractivity contribution in [3.8, 4) is 0 Å². The molecule has 1 aliphatic rings. The molecule has 0 fully saturated rings. The lowest BCUT2D eigenvalue weighted by molar-refractivity contribution is -0.120. The van der Waals surface area contributed by atoms with Crippen LogP contribution in [0.2, 0.25) is 10.0 Å². The van der Waals surface area contributed by atoms with Crippen LogP contribution in [0.5, 0.6) is 0 Å². The molecule has 3 nitrogen and oxygen atoms in total. The molecule has 0 radical (unpaired) electrons. The molecule has 4 rings (SSSR count). The molecule has 29 heavy (non-hydrogen) atoms. The molecular formula is C22H13Cl2NO2S2. The average Bonchev–Trinajstić information content (AvgIpc) is 2.96. The third-order valence-electron chi connectivity index (χ3n) is 4.08. The van der Waals surface area contributed by atoms with E-state index in [2.05, 4.69) is 0 Å². The summed E-state index contributed by atoms with van der Waals surface area (Å²) in [4.78, 5) is 30.1. The molecule has 1 heterocycles. The zero-order valence-electron chi connectivity index (χ0n) is 14.8. The smallest absolute Gasteiger partial charge is 0.268 e. The number of imide groups is 1. The maximum atomic E-state index is 13.2. The van der Waals surface area contributed by atoms with Gasteiger partial charge in [-0.25, -0.2) is 4.90 Å². The van der Waals surface area contributed by atoms with Crippen LogP contribution in [-0.4, -0.2) is 11.8 Å². The van der Waals surface area contributed by atoms with Gasteiger partial charge in [0.1, 0.15) is 0 Å². The van der Waals surface area contributed by atoms with Crippen molar-refractivity contribution in [2.24, 2.45) is 0 Å². The van der Waals surface area contributed by atoms with Gasteiger partial charge in [-0.15, -0.1) is 0 Å². The molecule has 3 aromatic carbocycles. The van der Waals surface area contributed by atoms with E-state index in [-0.39, 0.29) is 11.8 Å². The molecule has 7 heteroatoms. The number of nitrogens with zero attached hydrogens (tertiary/aromatic N) is 1. The monoisotopic (exact) mass is 457 g/mol. The molecule has 0 atom stereocenters. The lowest BCUT2D eigenvalue weighted by Gasteiger charge is -2.14. The first-order valence-corrected chi connectivity index (χ1v) is 11.0. The van der Waals surface area contributed by atoms with Gasteiger partial charge in [0.15, 0.2) is 0 Å². The number of hydrogen-bond acceptors (Lipinski definition) is 4. The molecule has 0 bridgehead atoms. The van der Waals surface area contributed by atoms with Gasteiger partial charge in [0.05, 0.1) is 15.5 Å². The summed E-state index contributed by atoms with van der Waals surface area (Å²) >= 11 is 14.5. The van der Waals surface area contributed by atoms with E-state index < -0.39 is 0 Å². The van der Waals surface area contributed by atoms with E-state index in [1.807, 2.05) is 30.3 Å². The largest absolute Gasteiger partial charge is 0.273 e. The molecule has 1 aliphatic heterocycles. The third-order valence-corrected chi connectivity index (χ3v) is 6.90. The Bertz CT molecular complexity index is 1030. The first kappa shape index (κ1) is 20.1. The Hall–Kier alpha value is -2.18. The molecule has 0 saturated heterocycles. The van der Waals surface area contributed by atoms with Gasteiger partial charge < -0.3 is 0 Å². The first-order valence-electron chi connectivity index (χ1n) is 8.58. The summed E-state index contributed by atoms with van der Waals surface area (Å²) in [5, 5.41) is 1.22. The highest BCUT2D eigenvalue weighted by Gasteiger charge is 2.40. The zero-order valence-corrected chi connectivity index (χ0v) is 18.0. The summed E-state index contributed by atoms with van der Waals surface area (Å²) in [6, 6.07) is 23.3. The van der Waals surface area contributed by atoms with Crippen molar-refractivity contribution in [3.05, 3.63) is 98.7 Å². The number of halogens is 2. The molecular weight excluding hydrogens is 445 g/mol. The van der Waals surface area contributed by atoms with Crippen LogP contribution in [0.15, 0.2) is 98.5 Å². The number of carbonyl (C=O) groups is 2. The molecule has 0 unspecified atom stereocenters. The van der Waals surface area contributed by atoms with Crippen molar-refractivity contribution in [2.75, 3.05) is 4.90 Å². The molecule has 0 spiro atoms. The predicted molar refractivity (Wildman–Crippen MR) is 121 cm³/mol. The van der Waals surface area contributed by atoms with Gasteiger partial charge in [0.2, 0.25) is 0 Å². The fraction of sp³-hybridized carbons (Fsp3) is 0. The number of benzene rings is 3. The van der Waals surface area contributed by atoms with Gasteiger partial charge in [-0.1, -0.05) is 64.9 Å². The van der Waals surface area contributed by atoms with E-state index >= 15 is 0 Å². The molecule has 0 saturated carbocycles. The van der Waals surface area contributed by atoms with E-state index in [0.29, 0.717) is 25.5 Å². The summed E-state index contributed by atoms with van der Waals surface area (Å²) in [5.41, 5.74) is 0.545. The Labute approximate surface area is 186 Å². The third kappa shape index (κ3) is 4.38. The minimum Gasteiger partial charge on any atom is -0.268 e. The van der Waals surface area contributed by atoms with Crippen molar-refractivity contribution in [1.82, 2.24) is 0 Å². The maximum absolute atomic E-state index is 13.2. The fourth-order valence-corrected chi connectivity index (χ4v) is 4.96. The lowest BCUT2D eigenvalue weighted by Crippen LogP contribution is -2.31. The number of hydrogen-bond donors (Lipinski definition) is 0. The SMILES string of the molecule is O=C1C(Sc2ccc(Cl)cc2)=C(Sc2ccc(Cl)cc2)C(=O)N1c1ccccc1. The standard InChI is InChI=1S/C22H13Cl2NO2S2/c23-14-6-10-17(11-7-14)28-19-20(29-18-12-8-15(24)9-13-18)22(27)25(21(19)26)16-4-2-1-3-5-16/h1-13H.